The molecule has 3 heterocycles. The van der Waals surface area contributed by atoms with Crippen molar-refractivity contribution in [2.24, 2.45) is 0 Å². The minimum Gasteiger partial charge on any atom is -0.480 e. The first-order chi connectivity index (χ1) is 18.1. The molecule has 2 aromatic carbocycles. The minimum atomic E-state index is -4.11. The summed E-state index contributed by atoms with van der Waals surface area (Å²) in [5, 5.41) is 13.0. The van der Waals surface area contributed by atoms with Gasteiger partial charge in [-0.2, -0.15) is 4.31 Å². The molecule has 10 nitrogen and oxygen atoms in total. The van der Waals surface area contributed by atoms with Gasteiger partial charge >= 0.3 is 5.97 Å². The fraction of sp³-hybridized carbons (Fsp3) is 0.346. The van der Waals surface area contributed by atoms with Gasteiger partial charge in [0.25, 0.3) is 5.91 Å². The first-order valence-corrected chi connectivity index (χ1v) is 14.1. The lowest BCUT2D eigenvalue weighted by Crippen LogP contribution is -2.66. The SMILES string of the molecule is Cc1cc(N2CCC(NN3C(=O)CN(S(=O)(=O)c4ccc5cc(Cl)ccc5c4)CC3C(=O)O)CC2)ccn1. The molecule has 0 bridgehead atoms. The van der Waals surface area contributed by atoms with Gasteiger partial charge in [-0.15, -0.1) is 0 Å². The summed E-state index contributed by atoms with van der Waals surface area (Å²) in [5.74, 6) is -1.88. The number of amides is 1. The molecule has 0 radical (unpaired) electrons. The maximum atomic E-state index is 13.4. The van der Waals surface area contributed by atoms with Crippen LogP contribution >= 0.6 is 11.6 Å². The van der Waals surface area contributed by atoms with Gasteiger partial charge in [-0.25, -0.2) is 18.6 Å². The van der Waals surface area contributed by atoms with Crippen molar-refractivity contribution in [3.63, 3.8) is 0 Å². The summed E-state index contributed by atoms with van der Waals surface area (Å²) >= 11 is 6.02. The summed E-state index contributed by atoms with van der Waals surface area (Å²) in [5.41, 5.74) is 5.10. The Labute approximate surface area is 225 Å². The van der Waals surface area contributed by atoms with Crippen molar-refractivity contribution in [2.45, 2.75) is 36.7 Å². The van der Waals surface area contributed by atoms with Crippen molar-refractivity contribution in [1.29, 1.82) is 0 Å². The van der Waals surface area contributed by atoms with E-state index in [9.17, 15) is 23.1 Å². The number of pyridine rings is 1. The molecular formula is C26H28ClN5O5S. The number of nitrogens with zero attached hydrogens (tertiary/aromatic N) is 4. The molecule has 5 rings (SSSR count). The largest absolute Gasteiger partial charge is 0.480 e. The number of anilines is 1. The van der Waals surface area contributed by atoms with Crippen LogP contribution in [0, 0.1) is 6.92 Å². The molecule has 38 heavy (non-hydrogen) atoms. The number of aliphatic carboxylic acids is 1. The van der Waals surface area contributed by atoms with Crippen LogP contribution in [0.5, 0.6) is 0 Å². The molecular weight excluding hydrogens is 530 g/mol. The normalized spacial score (nSPS) is 19.7. The second kappa shape index (κ2) is 10.5. The predicted molar refractivity (Wildman–Crippen MR) is 143 cm³/mol. The maximum Gasteiger partial charge on any atom is 0.329 e. The number of aryl methyl sites for hydroxylation is 1. The van der Waals surface area contributed by atoms with Crippen molar-refractivity contribution in [3.8, 4) is 0 Å². The number of carboxylic acids is 1. The number of carbonyl (C=O) groups is 2. The molecule has 1 unspecified atom stereocenters. The molecule has 2 N–H and O–H groups in total. The van der Waals surface area contributed by atoms with Gasteiger partial charge in [0.05, 0.1) is 11.4 Å². The van der Waals surface area contributed by atoms with E-state index >= 15 is 0 Å². The second-order valence-corrected chi connectivity index (χ2v) is 12.0. The van der Waals surface area contributed by atoms with E-state index in [0.717, 1.165) is 39.2 Å². The Bertz CT molecular complexity index is 1490. The average Bonchev–Trinajstić information content (AvgIpc) is 2.89. The average molecular weight is 558 g/mol. The van der Waals surface area contributed by atoms with Crippen LogP contribution in [0.15, 0.2) is 59.6 Å². The van der Waals surface area contributed by atoms with Gasteiger partial charge in [0, 0.05) is 48.3 Å². The summed E-state index contributed by atoms with van der Waals surface area (Å²) in [4.78, 5) is 31.7. The van der Waals surface area contributed by atoms with Gasteiger partial charge in [-0.1, -0.05) is 23.7 Å². The standard InChI is InChI=1S/C26H28ClN5O5S/c1-17-12-22(6-9-28-17)30-10-7-21(8-11-30)29-32-24(26(34)35)15-31(16-25(32)33)38(36,37)23-5-3-18-13-20(27)4-2-19(18)14-23/h2-6,9,12-14,21,24,29H,7-8,10-11,15-16H2,1H3,(H,34,35). The quantitative estimate of drug-likeness (QED) is 0.474. The van der Waals surface area contributed by atoms with E-state index in [-0.39, 0.29) is 17.5 Å². The molecule has 3 aromatic rings. The maximum absolute atomic E-state index is 13.4. The smallest absolute Gasteiger partial charge is 0.329 e. The van der Waals surface area contributed by atoms with E-state index in [2.05, 4.69) is 15.3 Å². The van der Waals surface area contributed by atoms with Crippen LogP contribution in [0.3, 0.4) is 0 Å². The number of benzene rings is 2. The number of halogens is 1. The minimum absolute atomic E-state index is 0.00982. The lowest BCUT2D eigenvalue weighted by Gasteiger charge is -2.42. The first-order valence-electron chi connectivity index (χ1n) is 12.3. The monoisotopic (exact) mass is 557 g/mol. The highest BCUT2D eigenvalue weighted by molar-refractivity contribution is 7.89. The Morgan fingerprint density at radius 1 is 1.08 bits per heavy atom. The van der Waals surface area contributed by atoms with Crippen LogP contribution in [-0.4, -0.2) is 78.0 Å². The number of hydrogen-bond acceptors (Lipinski definition) is 7. The molecule has 1 aromatic heterocycles. The van der Waals surface area contributed by atoms with Crippen LogP contribution in [0.25, 0.3) is 10.8 Å². The fourth-order valence-electron chi connectivity index (χ4n) is 4.97. The zero-order chi connectivity index (χ0) is 27.0. The third kappa shape index (κ3) is 5.32. The summed E-state index contributed by atoms with van der Waals surface area (Å²) in [6.07, 6.45) is 3.16. The van der Waals surface area contributed by atoms with E-state index in [0.29, 0.717) is 23.3 Å². The van der Waals surface area contributed by atoms with Crippen LogP contribution in [0.4, 0.5) is 5.69 Å². The van der Waals surface area contributed by atoms with Crippen molar-refractivity contribution in [1.82, 2.24) is 19.7 Å². The number of piperidine rings is 1. The molecule has 2 aliphatic rings. The Morgan fingerprint density at radius 2 is 1.79 bits per heavy atom. The van der Waals surface area contributed by atoms with E-state index in [1.54, 1.807) is 30.5 Å². The van der Waals surface area contributed by atoms with E-state index in [1.165, 1.54) is 12.1 Å². The number of carboxylic acid groups (broad SMARTS) is 1. The van der Waals surface area contributed by atoms with E-state index in [1.807, 2.05) is 19.1 Å². The third-order valence-electron chi connectivity index (χ3n) is 7.03. The number of fused-ring (bicyclic) bond motifs is 1. The molecule has 2 fully saturated rings. The van der Waals surface area contributed by atoms with Crippen LogP contribution in [-0.2, 0) is 19.6 Å². The summed E-state index contributed by atoms with van der Waals surface area (Å²) in [7, 11) is -4.11. The van der Waals surface area contributed by atoms with Crippen molar-refractivity contribution < 1.29 is 23.1 Å². The summed E-state index contributed by atoms with van der Waals surface area (Å²) < 4.78 is 27.8. The molecule has 1 atom stereocenters. The highest BCUT2D eigenvalue weighted by Gasteiger charge is 2.43. The van der Waals surface area contributed by atoms with Crippen LogP contribution < -0.4 is 10.3 Å². The number of aromatic nitrogens is 1. The highest BCUT2D eigenvalue weighted by Crippen LogP contribution is 2.27. The summed E-state index contributed by atoms with van der Waals surface area (Å²) in [6.45, 7) is 2.59. The number of nitrogens with one attached hydrogen (secondary N) is 1. The number of carbonyl (C=O) groups excluding carboxylic acids is 1. The lowest BCUT2D eigenvalue weighted by molar-refractivity contribution is -0.158. The van der Waals surface area contributed by atoms with Crippen molar-refractivity contribution in [2.75, 3.05) is 31.1 Å². The number of rotatable bonds is 6. The van der Waals surface area contributed by atoms with Gasteiger partial charge in [-0.3, -0.25) is 14.8 Å². The zero-order valence-electron chi connectivity index (χ0n) is 20.7. The first kappa shape index (κ1) is 26.4. The highest BCUT2D eigenvalue weighted by atomic mass is 35.5. The molecule has 12 heteroatoms. The van der Waals surface area contributed by atoms with Gasteiger partial charge in [-0.05, 0) is 66.9 Å². The van der Waals surface area contributed by atoms with Gasteiger partial charge in [0.1, 0.15) is 0 Å². The number of piperazine rings is 1. The molecule has 200 valence electrons. The predicted octanol–water partition coefficient (Wildman–Crippen LogP) is 2.66. The third-order valence-corrected chi connectivity index (χ3v) is 9.07. The summed E-state index contributed by atoms with van der Waals surface area (Å²) in [6, 6.07) is 12.2. The number of hydrogen-bond donors (Lipinski definition) is 2. The molecule has 0 saturated carbocycles. The zero-order valence-corrected chi connectivity index (χ0v) is 22.3. The number of sulfonamides is 1. The number of hydrazine groups is 1. The fourth-order valence-corrected chi connectivity index (χ4v) is 6.58. The van der Waals surface area contributed by atoms with Gasteiger partial charge in [0.2, 0.25) is 10.0 Å². The molecule has 0 spiro atoms. The molecule has 2 aliphatic heterocycles. The Kier molecular flexibility index (Phi) is 7.28. The second-order valence-electron chi connectivity index (χ2n) is 9.61. The van der Waals surface area contributed by atoms with Crippen LogP contribution in [0.2, 0.25) is 5.02 Å². The topological polar surface area (TPSA) is 123 Å². The Morgan fingerprint density at radius 3 is 2.50 bits per heavy atom. The molecule has 1 amide bonds. The Balaban J connectivity index is 1.28. The van der Waals surface area contributed by atoms with Crippen molar-refractivity contribution >= 4 is 50.0 Å². The molecule has 0 aliphatic carbocycles. The van der Waals surface area contributed by atoms with Gasteiger partial charge in [0.15, 0.2) is 6.04 Å². The van der Waals surface area contributed by atoms with Gasteiger partial charge < -0.3 is 10.0 Å². The molecule has 2 saturated heterocycles. The Hall–Kier alpha value is -3.25. The van der Waals surface area contributed by atoms with Crippen LogP contribution in [0.1, 0.15) is 18.5 Å². The van der Waals surface area contributed by atoms with Crippen molar-refractivity contribution in [3.05, 3.63) is 65.4 Å². The van der Waals surface area contributed by atoms with E-state index < -0.39 is 34.5 Å². The van der Waals surface area contributed by atoms with E-state index in [4.69, 9.17) is 11.6 Å². The lowest BCUT2D eigenvalue weighted by atomic mass is 10.0.